The summed E-state index contributed by atoms with van der Waals surface area (Å²) < 4.78 is 6.32. The second-order valence-electron chi connectivity index (χ2n) is 8.90. The molecule has 1 spiro atoms. The van der Waals surface area contributed by atoms with Gasteiger partial charge in [-0.1, -0.05) is 12.6 Å². The number of rotatable bonds is 2. The van der Waals surface area contributed by atoms with Crippen LogP contribution in [0.4, 0.5) is 0 Å². The van der Waals surface area contributed by atoms with Gasteiger partial charge >= 0.3 is 0 Å². The minimum absolute atomic E-state index is 0. The van der Waals surface area contributed by atoms with E-state index in [4.69, 9.17) is 4.74 Å². The Kier molecular flexibility index (Phi) is 3.51. The highest BCUT2D eigenvalue weighted by atomic mass is 35.5. The summed E-state index contributed by atoms with van der Waals surface area (Å²) in [6, 6.07) is 4.24. The van der Waals surface area contributed by atoms with Gasteiger partial charge in [0.1, 0.15) is 6.10 Å². The van der Waals surface area contributed by atoms with Crippen molar-refractivity contribution in [1.82, 2.24) is 4.90 Å². The van der Waals surface area contributed by atoms with Gasteiger partial charge in [0.05, 0.1) is 6.10 Å². The van der Waals surface area contributed by atoms with Crippen molar-refractivity contribution in [3.8, 4) is 11.5 Å². The first-order valence-electron chi connectivity index (χ1n) is 9.71. The van der Waals surface area contributed by atoms with Gasteiger partial charge in [-0.2, -0.15) is 0 Å². The molecule has 4 nitrogen and oxygen atoms in total. The van der Waals surface area contributed by atoms with Crippen LogP contribution in [0.1, 0.15) is 36.8 Å². The van der Waals surface area contributed by atoms with E-state index in [1.807, 2.05) is 0 Å². The summed E-state index contributed by atoms with van der Waals surface area (Å²) in [4.78, 5) is 2.65. The van der Waals surface area contributed by atoms with Crippen LogP contribution in [-0.2, 0) is 11.8 Å². The Morgan fingerprint density at radius 3 is 2.85 bits per heavy atom. The van der Waals surface area contributed by atoms with Gasteiger partial charge in [-0.05, 0) is 61.8 Å². The Bertz CT molecular complexity index is 792. The summed E-state index contributed by atoms with van der Waals surface area (Å²) in [5.74, 6) is 1.95. The van der Waals surface area contributed by atoms with Crippen LogP contribution in [0, 0.1) is 11.8 Å². The molecular formula is C21H26ClNO3. The molecule has 0 aromatic heterocycles. The van der Waals surface area contributed by atoms with Crippen LogP contribution in [0.25, 0.3) is 0 Å². The normalized spacial score (nSPS) is 39.8. The summed E-state index contributed by atoms with van der Waals surface area (Å²) >= 11 is 0. The zero-order chi connectivity index (χ0) is 16.9. The molecule has 5 aliphatic rings. The number of phenolic OH excluding ortho intramolecular Hbond substituents is 1. The van der Waals surface area contributed by atoms with E-state index >= 15 is 0 Å². The molecule has 1 aromatic carbocycles. The number of benzene rings is 1. The lowest BCUT2D eigenvalue weighted by Gasteiger charge is -2.60. The smallest absolute Gasteiger partial charge is 0.166 e. The summed E-state index contributed by atoms with van der Waals surface area (Å²) in [5, 5.41) is 21.5. The SMILES string of the molecule is C=C1CC(O)C2C3Cc4ccc(O)c5c4C2(CCN3CC2CC2)C1O5.Cl. The van der Waals surface area contributed by atoms with Gasteiger partial charge < -0.3 is 14.9 Å². The van der Waals surface area contributed by atoms with Gasteiger partial charge in [0.25, 0.3) is 0 Å². The summed E-state index contributed by atoms with van der Waals surface area (Å²) in [5.41, 5.74) is 3.28. The number of likely N-dealkylation sites (tertiary alicyclic amines) is 1. The molecule has 5 heteroatoms. The first-order valence-corrected chi connectivity index (χ1v) is 9.71. The maximum absolute atomic E-state index is 11.1. The molecule has 6 rings (SSSR count). The molecule has 1 aromatic rings. The minimum Gasteiger partial charge on any atom is -0.504 e. The number of aliphatic hydroxyl groups is 1. The topological polar surface area (TPSA) is 52.9 Å². The fourth-order valence-electron chi connectivity index (χ4n) is 6.49. The van der Waals surface area contributed by atoms with Gasteiger partial charge in [-0.3, -0.25) is 4.90 Å². The molecule has 3 aliphatic carbocycles. The van der Waals surface area contributed by atoms with Crippen LogP contribution in [0.5, 0.6) is 11.5 Å². The van der Waals surface area contributed by atoms with Crippen molar-refractivity contribution in [2.45, 2.75) is 55.8 Å². The molecule has 2 saturated carbocycles. The standard InChI is InChI=1S/C21H25NO3.ClH/c1-11-8-16(24)18-14-9-13-4-5-15(23)19-17(13)21(18,20(11)25-19)6-7-22(14)10-12-2-3-12;/h4-5,12,14,16,18,20,23-24H,1-3,6-10H2;1H. The van der Waals surface area contributed by atoms with E-state index in [1.54, 1.807) is 6.07 Å². The Morgan fingerprint density at radius 1 is 1.27 bits per heavy atom. The maximum atomic E-state index is 11.1. The van der Waals surface area contributed by atoms with E-state index in [1.165, 1.54) is 30.5 Å². The third-order valence-corrected chi connectivity index (χ3v) is 7.56. The van der Waals surface area contributed by atoms with E-state index in [0.29, 0.717) is 18.2 Å². The molecule has 2 bridgehead atoms. The Hall–Kier alpha value is -1.23. The molecular weight excluding hydrogens is 350 g/mol. The van der Waals surface area contributed by atoms with Crippen molar-refractivity contribution >= 4 is 12.4 Å². The van der Waals surface area contributed by atoms with E-state index in [-0.39, 0.29) is 41.7 Å². The number of hydrogen-bond acceptors (Lipinski definition) is 4. The lowest BCUT2D eigenvalue weighted by Crippen LogP contribution is -2.68. The molecule has 3 fully saturated rings. The van der Waals surface area contributed by atoms with Crippen LogP contribution in [-0.4, -0.2) is 46.5 Å². The lowest BCUT2D eigenvalue weighted by molar-refractivity contribution is -0.0932. The molecule has 0 radical (unpaired) electrons. The maximum Gasteiger partial charge on any atom is 0.166 e. The fourth-order valence-corrected chi connectivity index (χ4v) is 6.49. The number of aliphatic hydroxyl groups excluding tert-OH is 1. The van der Waals surface area contributed by atoms with Crippen LogP contribution in [0.15, 0.2) is 24.3 Å². The van der Waals surface area contributed by atoms with Gasteiger partial charge in [-0.15, -0.1) is 12.4 Å². The Labute approximate surface area is 160 Å². The van der Waals surface area contributed by atoms with Crippen LogP contribution < -0.4 is 4.74 Å². The van der Waals surface area contributed by atoms with Crippen molar-refractivity contribution in [3.63, 3.8) is 0 Å². The minimum atomic E-state index is -0.360. The first-order chi connectivity index (χ1) is 12.1. The number of piperidine rings is 1. The summed E-state index contributed by atoms with van der Waals surface area (Å²) in [6.07, 6.45) is 4.84. The average molecular weight is 376 g/mol. The van der Waals surface area contributed by atoms with Gasteiger partial charge in [0, 0.05) is 29.5 Å². The molecule has 140 valence electrons. The number of aromatic hydroxyl groups is 1. The molecule has 26 heavy (non-hydrogen) atoms. The fraction of sp³-hybridized carbons (Fsp3) is 0.619. The second-order valence-corrected chi connectivity index (χ2v) is 8.90. The highest BCUT2D eigenvalue weighted by Crippen LogP contribution is 2.64. The first kappa shape index (κ1) is 16.9. The predicted molar refractivity (Wildman–Crippen MR) is 101 cm³/mol. The largest absolute Gasteiger partial charge is 0.504 e. The highest BCUT2D eigenvalue weighted by Gasteiger charge is 2.66. The number of ether oxygens (including phenoxy) is 1. The van der Waals surface area contributed by atoms with Gasteiger partial charge in [-0.25, -0.2) is 0 Å². The third kappa shape index (κ3) is 1.93. The predicted octanol–water partition coefficient (Wildman–Crippen LogP) is 2.79. The van der Waals surface area contributed by atoms with Crippen LogP contribution in [0.2, 0.25) is 0 Å². The van der Waals surface area contributed by atoms with Crippen molar-refractivity contribution in [2.75, 3.05) is 13.1 Å². The van der Waals surface area contributed by atoms with Gasteiger partial charge in [0.2, 0.25) is 0 Å². The monoisotopic (exact) mass is 375 g/mol. The van der Waals surface area contributed by atoms with Gasteiger partial charge in [0.15, 0.2) is 11.5 Å². The number of nitrogens with zero attached hydrogens (tertiary/aromatic N) is 1. The number of hydrogen-bond donors (Lipinski definition) is 2. The Morgan fingerprint density at radius 2 is 2.08 bits per heavy atom. The molecule has 2 N–H and O–H groups in total. The average Bonchev–Trinajstić information content (AvgIpc) is 3.33. The number of phenols is 1. The zero-order valence-electron chi connectivity index (χ0n) is 14.9. The summed E-state index contributed by atoms with van der Waals surface area (Å²) in [6.45, 7) is 6.49. The van der Waals surface area contributed by atoms with Crippen molar-refractivity contribution in [2.24, 2.45) is 11.8 Å². The molecule has 2 aliphatic heterocycles. The van der Waals surface area contributed by atoms with E-state index in [2.05, 4.69) is 17.5 Å². The summed E-state index contributed by atoms with van der Waals surface area (Å²) in [7, 11) is 0. The quantitative estimate of drug-likeness (QED) is 0.780. The van der Waals surface area contributed by atoms with Crippen LogP contribution >= 0.6 is 12.4 Å². The molecule has 5 atom stereocenters. The van der Waals surface area contributed by atoms with Crippen molar-refractivity contribution in [1.29, 1.82) is 0 Å². The van der Waals surface area contributed by atoms with Crippen molar-refractivity contribution in [3.05, 3.63) is 35.4 Å². The van der Waals surface area contributed by atoms with E-state index in [9.17, 15) is 10.2 Å². The molecule has 5 unspecified atom stereocenters. The second kappa shape index (κ2) is 5.40. The lowest BCUT2D eigenvalue weighted by atomic mass is 9.50. The highest BCUT2D eigenvalue weighted by molar-refractivity contribution is 5.85. The zero-order valence-corrected chi connectivity index (χ0v) is 15.7. The molecule has 0 amide bonds. The van der Waals surface area contributed by atoms with Crippen LogP contribution in [0.3, 0.4) is 0 Å². The van der Waals surface area contributed by atoms with Crippen molar-refractivity contribution < 1.29 is 14.9 Å². The third-order valence-electron chi connectivity index (χ3n) is 7.56. The van der Waals surface area contributed by atoms with E-state index < -0.39 is 0 Å². The van der Waals surface area contributed by atoms with E-state index in [0.717, 1.165) is 30.9 Å². The molecule has 1 saturated heterocycles. The number of halogens is 1. The Balaban J connectivity index is 0.00000150. The molecule has 2 heterocycles.